The van der Waals surface area contributed by atoms with Crippen molar-refractivity contribution < 1.29 is 19.4 Å². The van der Waals surface area contributed by atoms with Gasteiger partial charge in [-0.1, -0.05) is 18.2 Å². The summed E-state index contributed by atoms with van der Waals surface area (Å²) in [5.74, 6) is 1.25. The van der Waals surface area contributed by atoms with Gasteiger partial charge in [-0.25, -0.2) is 4.79 Å². The fourth-order valence-corrected chi connectivity index (χ4v) is 4.20. The number of likely N-dealkylation sites (tertiary alicyclic amines) is 1. The molecule has 2 amide bonds. The predicted octanol–water partition coefficient (Wildman–Crippen LogP) is 3.59. The number of hydrogen-bond acceptors (Lipinski definition) is 6. The number of rotatable bonds is 11. The maximum atomic E-state index is 13.5. The molecule has 2 heterocycles. The molecule has 1 aliphatic heterocycles. The Hall–Kier alpha value is -3.56. The highest BCUT2D eigenvalue weighted by Gasteiger charge is 2.20. The van der Waals surface area contributed by atoms with Gasteiger partial charge in [0.2, 0.25) is 0 Å². The summed E-state index contributed by atoms with van der Waals surface area (Å²) in [6.45, 7) is 4.03. The highest BCUT2D eigenvalue weighted by Crippen LogP contribution is 2.31. The van der Waals surface area contributed by atoms with Gasteiger partial charge < -0.3 is 29.7 Å². The van der Waals surface area contributed by atoms with Crippen molar-refractivity contribution in [2.75, 3.05) is 51.8 Å². The minimum atomic E-state index is -0.211. The molecule has 4 rings (SSSR count). The maximum absolute atomic E-state index is 13.5. The lowest BCUT2D eigenvalue weighted by atomic mass is 10.1. The molecule has 0 unspecified atom stereocenters. The molecular weight excluding hydrogens is 446 g/mol. The molecule has 1 aromatic heterocycles. The Morgan fingerprint density at radius 2 is 2.06 bits per heavy atom. The Bertz CT molecular complexity index is 1080. The summed E-state index contributed by atoms with van der Waals surface area (Å²) in [5.41, 5.74) is 3.34. The number of nitrogens with zero attached hydrogens (tertiary/aromatic N) is 3. The second-order valence-corrected chi connectivity index (χ2v) is 8.52. The van der Waals surface area contributed by atoms with Crippen LogP contribution in [0, 0.1) is 0 Å². The molecule has 2 aromatic carbocycles. The highest BCUT2D eigenvalue weighted by molar-refractivity contribution is 5.91. The largest absolute Gasteiger partial charge is 0.497 e. The van der Waals surface area contributed by atoms with Crippen molar-refractivity contribution >= 4 is 11.7 Å². The monoisotopic (exact) mass is 479 g/mol. The lowest BCUT2D eigenvalue weighted by Gasteiger charge is -2.26. The number of amides is 2. The molecule has 9 heteroatoms. The molecule has 0 radical (unpaired) electrons. The van der Waals surface area contributed by atoms with Crippen LogP contribution in [0.1, 0.15) is 18.4 Å². The van der Waals surface area contributed by atoms with Gasteiger partial charge in [-0.05, 0) is 61.3 Å². The van der Waals surface area contributed by atoms with Gasteiger partial charge in [0, 0.05) is 31.4 Å². The standard InChI is InChI=1S/C26H33N5O4/c1-34-23-6-4-5-20(15-23)19-31(12-11-30-9-2-3-10-30)26(33)29-24-8-7-21(22-17-27-28-18-22)16-25(24)35-14-13-32/h4-8,15-18,32H,2-3,9-14,19H2,1H3,(H,27,28)(H,29,33). The number of ether oxygens (including phenoxy) is 2. The second kappa shape index (κ2) is 12.2. The van der Waals surface area contributed by atoms with Gasteiger partial charge >= 0.3 is 6.03 Å². The maximum Gasteiger partial charge on any atom is 0.322 e. The average molecular weight is 480 g/mol. The molecule has 0 atom stereocenters. The van der Waals surface area contributed by atoms with E-state index in [1.807, 2.05) is 47.4 Å². The summed E-state index contributed by atoms with van der Waals surface area (Å²) >= 11 is 0. The van der Waals surface area contributed by atoms with E-state index in [4.69, 9.17) is 9.47 Å². The molecule has 1 fully saturated rings. The molecule has 3 N–H and O–H groups in total. The van der Waals surface area contributed by atoms with Crippen molar-refractivity contribution in [1.82, 2.24) is 20.0 Å². The molecule has 9 nitrogen and oxygen atoms in total. The summed E-state index contributed by atoms with van der Waals surface area (Å²) < 4.78 is 11.1. The van der Waals surface area contributed by atoms with Crippen LogP contribution in [-0.2, 0) is 6.54 Å². The number of aliphatic hydroxyl groups is 1. The number of urea groups is 1. The summed E-state index contributed by atoms with van der Waals surface area (Å²) in [6, 6.07) is 13.1. The molecule has 0 spiro atoms. The molecule has 0 bridgehead atoms. The number of aromatic amines is 1. The zero-order chi connectivity index (χ0) is 24.5. The summed E-state index contributed by atoms with van der Waals surface area (Å²) in [6.07, 6.45) is 5.92. The minimum Gasteiger partial charge on any atom is -0.497 e. The number of hydrogen-bond donors (Lipinski definition) is 3. The first kappa shape index (κ1) is 24.6. The Kier molecular flexibility index (Phi) is 8.58. The number of aliphatic hydroxyl groups excluding tert-OH is 1. The van der Waals surface area contributed by atoms with Crippen molar-refractivity contribution in [2.24, 2.45) is 0 Å². The van der Waals surface area contributed by atoms with Gasteiger partial charge in [-0.2, -0.15) is 5.10 Å². The molecule has 0 saturated carbocycles. The molecule has 0 aliphatic carbocycles. The van der Waals surface area contributed by atoms with Crippen molar-refractivity contribution in [3.05, 3.63) is 60.4 Å². The highest BCUT2D eigenvalue weighted by atomic mass is 16.5. The fourth-order valence-electron chi connectivity index (χ4n) is 4.20. The third-order valence-electron chi connectivity index (χ3n) is 6.08. The Balaban J connectivity index is 1.53. The predicted molar refractivity (Wildman–Crippen MR) is 135 cm³/mol. The average Bonchev–Trinajstić information content (AvgIpc) is 3.61. The first-order chi connectivity index (χ1) is 17.2. The van der Waals surface area contributed by atoms with Crippen LogP contribution in [0.5, 0.6) is 11.5 Å². The van der Waals surface area contributed by atoms with Crippen LogP contribution in [0.2, 0.25) is 0 Å². The van der Waals surface area contributed by atoms with Crippen LogP contribution in [0.4, 0.5) is 10.5 Å². The Morgan fingerprint density at radius 1 is 1.20 bits per heavy atom. The summed E-state index contributed by atoms with van der Waals surface area (Å²) in [4.78, 5) is 17.7. The fraction of sp³-hybridized carbons (Fsp3) is 0.385. The van der Waals surface area contributed by atoms with E-state index in [9.17, 15) is 9.90 Å². The van der Waals surface area contributed by atoms with E-state index in [0.29, 0.717) is 24.5 Å². The zero-order valence-electron chi connectivity index (χ0n) is 20.1. The number of benzene rings is 2. The molecule has 1 saturated heterocycles. The minimum absolute atomic E-state index is 0.124. The van der Waals surface area contributed by atoms with Gasteiger partial charge in [-0.3, -0.25) is 5.10 Å². The van der Waals surface area contributed by atoms with Crippen molar-refractivity contribution in [1.29, 1.82) is 0 Å². The number of nitrogens with one attached hydrogen (secondary N) is 2. The van der Waals surface area contributed by atoms with Gasteiger partial charge in [0.05, 0.1) is 25.6 Å². The zero-order valence-corrected chi connectivity index (χ0v) is 20.1. The van der Waals surface area contributed by atoms with Gasteiger partial charge in [0.25, 0.3) is 0 Å². The number of aromatic nitrogens is 2. The van der Waals surface area contributed by atoms with Crippen molar-refractivity contribution in [3.63, 3.8) is 0 Å². The molecule has 1 aliphatic rings. The molecule has 3 aromatic rings. The van der Waals surface area contributed by atoms with Crippen molar-refractivity contribution in [3.8, 4) is 22.6 Å². The Morgan fingerprint density at radius 3 is 2.80 bits per heavy atom. The molecule has 186 valence electrons. The number of methoxy groups -OCH3 is 1. The normalized spacial score (nSPS) is 13.5. The third kappa shape index (κ3) is 6.74. The first-order valence-electron chi connectivity index (χ1n) is 11.9. The molecule has 35 heavy (non-hydrogen) atoms. The van der Waals surface area contributed by atoms with Crippen molar-refractivity contribution in [2.45, 2.75) is 19.4 Å². The lowest BCUT2D eigenvalue weighted by molar-refractivity contribution is 0.196. The number of carbonyl (C=O) groups excluding carboxylic acids is 1. The van der Waals surface area contributed by atoms with Gasteiger partial charge in [0.1, 0.15) is 18.1 Å². The lowest BCUT2D eigenvalue weighted by Crippen LogP contribution is -2.40. The number of H-pyrrole nitrogens is 1. The van der Waals surface area contributed by atoms with E-state index < -0.39 is 0 Å². The van der Waals surface area contributed by atoms with Crippen LogP contribution in [-0.4, -0.2) is 77.6 Å². The van der Waals surface area contributed by atoms with E-state index in [0.717, 1.165) is 42.1 Å². The second-order valence-electron chi connectivity index (χ2n) is 8.52. The summed E-state index contributed by atoms with van der Waals surface area (Å²) in [7, 11) is 1.64. The summed E-state index contributed by atoms with van der Waals surface area (Å²) in [5, 5.41) is 19.1. The van der Waals surface area contributed by atoms with Crippen LogP contribution in [0.3, 0.4) is 0 Å². The van der Waals surface area contributed by atoms with E-state index in [-0.39, 0.29) is 19.2 Å². The SMILES string of the molecule is COc1cccc(CN(CCN2CCCC2)C(=O)Nc2ccc(-c3cn[nH]c3)cc2OCCO)c1. The number of carbonyl (C=O) groups is 1. The Labute approximate surface area is 205 Å². The van der Waals surface area contributed by atoms with E-state index >= 15 is 0 Å². The quantitative estimate of drug-likeness (QED) is 0.388. The third-order valence-corrected chi connectivity index (χ3v) is 6.08. The van der Waals surface area contributed by atoms with Crippen LogP contribution >= 0.6 is 0 Å². The van der Waals surface area contributed by atoms with Gasteiger partial charge in [-0.15, -0.1) is 0 Å². The van der Waals surface area contributed by atoms with Crippen LogP contribution in [0.15, 0.2) is 54.9 Å². The smallest absolute Gasteiger partial charge is 0.322 e. The van der Waals surface area contributed by atoms with Crippen LogP contribution in [0.25, 0.3) is 11.1 Å². The first-order valence-corrected chi connectivity index (χ1v) is 11.9. The van der Waals surface area contributed by atoms with E-state index in [2.05, 4.69) is 20.4 Å². The van der Waals surface area contributed by atoms with Crippen LogP contribution < -0.4 is 14.8 Å². The number of anilines is 1. The van der Waals surface area contributed by atoms with E-state index in [1.54, 1.807) is 19.5 Å². The van der Waals surface area contributed by atoms with E-state index in [1.165, 1.54) is 12.8 Å². The molecular formula is C26H33N5O4. The topological polar surface area (TPSA) is 103 Å². The van der Waals surface area contributed by atoms with Gasteiger partial charge in [0.15, 0.2) is 0 Å².